The minimum Gasteiger partial charge on any atom is -0.378 e. The fourth-order valence-corrected chi connectivity index (χ4v) is 4.69. The summed E-state index contributed by atoms with van der Waals surface area (Å²) in [5, 5.41) is 2.97. The number of nitrogens with zero attached hydrogens (tertiary/aromatic N) is 5. The summed E-state index contributed by atoms with van der Waals surface area (Å²) < 4.78 is 5.46. The summed E-state index contributed by atoms with van der Waals surface area (Å²) in [6.45, 7) is 5.52. The Kier molecular flexibility index (Phi) is 5.03. The van der Waals surface area contributed by atoms with Crippen molar-refractivity contribution < 1.29 is 9.53 Å². The van der Waals surface area contributed by atoms with Crippen molar-refractivity contribution in [2.24, 2.45) is 0 Å². The molecule has 0 saturated carbocycles. The molecule has 0 atom stereocenters. The van der Waals surface area contributed by atoms with Crippen molar-refractivity contribution in [3.8, 4) is 0 Å². The van der Waals surface area contributed by atoms with Gasteiger partial charge in [0.25, 0.3) is 5.91 Å². The SMILES string of the molecule is O=C(c1cccs1)N1CCCN(c2ncnc3cc(N4CCOCC4)ccc23)C1. The van der Waals surface area contributed by atoms with E-state index in [1.165, 1.54) is 17.0 Å². The zero-order valence-electron chi connectivity index (χ0n) is 16.2. The van der Waals surface area contributed by atoms with Gasteiger partial charge in [0.2, 0.25) is 0 Å². The average Bonchev–Trinajstić information content (AvgIpc) is 3.33. The van der Waals surface area contributed by atoms with Crippen LogP contribution < -0.4 is 9.80 Å². The summed E-state index contributed by atoms with van der Waals surface area (Å²) in [6.07, 6.45) is 2.55. The molecule has 3 aromatic rings. The standard InChI is InChI=1S/C21H23N5O2S/c27-21(19-3-1-12-29-19)26-7-2-6-25(15-26)20-17-5-4-16(13-18(17)22-14-23-20)24-8-10-28-11-9-24/h1,3-5,12-14H,2,6-11,15H2. The van der Waals surface area contributed by atoms with Crippen LogP contribution in [0, 0.1) is 0 Å². The van der Waals surface area contributed by atoms with Crippen LogP contribution in [0.4, 0.5) is 11.5 Å². The van der Waals surface area contributed by atoms with E-state index < -0.39 is 0 Å². The molecule has 1 amide bonds. The van der Waals surface area contributed by atoms with Crippen molar-refractivity contribution in [1.29, 1.82) is 0 Å². The number of hydrogen-bond donors (Lipinski definition) is 0. The molecule has 0 N–H and O–H groups in total. The molecule has 2 aliphatic rings. The quantitative estimate of drug-likeness (QED) is 0.663. The van der Waals surface area contributed by atoms with Crippen molar-refractivity contribution in [3.05, 3.63) is 46.9 Å². The second kappa shape index (κ2) is 7.96. The van der Waals surface area contributed by atoms with Crippen LogP contribution in [0.15, 0.2) is 42.0 Å². The van der Waals surface area contributed by atoms with Gasteiger partial charge in [-0.1, -0.05) is 6.07 Å². The molecule has 8 heteroatoms. The summed E-state index contributed by atoms with van der Waals surface area (Å²) >= 11 is 1.49. The van der Waals surface area contributed by atoms with Gasteiger partial charge >= 0.3 is 0 Å². The van der Waals surface area contributed by atoms with Crippen LogP contribution in [-0.2, 0) is 4.74 Å². The molecule has 1 aromatic carbocycles. The summed E-state index contributed by atoms with van der Waals surface area (Å²) in [5.41, 5.74) is 2.10. The van der Waals surface area contributed by atoms with Gasteiger partial charge < -0.3 is 19.4 Å². The van der Waals surface area contributed by atoms with Gasteiger partial charge in [0.15, 0.2) is 0 Å². The first kappa shape index (κ1) is 18.3. The Morgan fingerprint density at radius 2 is 1.93 bits per heavy atom. The predicted molar refractivity (Wildman–Crippen MR) is 115 cm³/mol. The van der Waals surface area contributed by atoms with Gasteiger partial charge in [0.1, 0.15) is 12.1 Å². The molecule has 150 valence electrons. The number of rotatable bonds is 3. The summed E-state index contributed by atoms with van der Waals surface area (Å²) in [6, 6.07) is 10.2. The molecule has 0 spiro atoms. The van der Waals surface area contributed by atoms with Crippen LogP contribution in [0.5, 0.6) is 0 Å². The lowest BCUT2D eigenvalue weighted by molar-refractivity contribution is 0.0738. The molecule has 0 radical (unpaired) electrons. The van der Waals surface area contributed by atoms with E-state index in [-0.39, 0.29) is 5.91 Å². The van der Waals surface area contributed by atoms with Gasteiger partial charge in [-0.3, -0.25) is 4.79 Å². The Bertz CT molecular complexity index is 1000. The maximum absolute atomic E-state index is 12.8. The van der Waals surface area contributed by atoms with E-state index in [4.69, 9.17) is 4.74 Å². The number of morpholine rings is 1. The van der Waals surface area contributed by atoms with E-state index in [9.17, 15) is 4.79 Å². The predicted octanol–water partition coefficient (Wildman–Crippen LogP) is 2.84. The zero-order chi connectivity index (χ0) is 19.6. The second-order valence-electron chi connectivity index (χ2n) is 7.30. The number of anilines is 2. The number of thiophene rings is 1. The van der Waals surface area contributed by atoms with Crippen molar-refractivity contribution in [3.63, 3.8) is 0 Å². The van der Waals surface area contributed by atoms with E-state index in [1.54, 1.807) is 6.33 Å². The third kappa shape index (κ3) is 3.65. The highest BCUT2D eigenvalue weighted by Gasteiger charge is 2.25. The molecule has 0 aliphatic carbocycles. The van der Waals surface area contributed by atoms with Crippen LogP contribution >= 0.6 is 11.3 Å². The molecule has 5 rings (SSSR count). The summed E-state index contributed by atoms with van der Waals surface area (Å²) in [5.74, 6) is 0.991. The molecule has 2 fully saturated rings. The van der Waals surface area contributed by atoms with Gasteiger partial charge in [0.05, 0.1) is 30.3 Å². The summed E-state index contributed by atoms with van der Waals surface area (Å²) in [7, 11) is 0. The van der Waals surface area contributed by atoms with Crippen LogP contribution in [0.1, 0.15) is 16.1 Å². The number of aromatic nitrogens is 2. The van der Waals surface area contributed by atoms with E-state index in [1.807, 2.05) is 22.4 Å². The highest BCUT2D eigenvalue weighted by molar-refractivity contribution is 7.12. The second-order valence-corrected chi connectivity index (χ2v) is 8.25. The van der Waals surface area contributed by atoms with Gasteiger partial charge in [-0.2, -0.15) is 0 Å². The van der Waals surface area contributed by atoms with Crippen molar-refractivity contribution in [1.82, 2.24) is 14.9 Å². The molecule has 2 aliphatic heterocycles. The van der Waals surface area contributed by atoms with Crippen molar-refractivity contribution >= 4 is 39.7 Å². The van der Waals surface area contributed by atoms with Gasteiger partial charge in [0, 0.05) is 37.3 Å². The third-order valence-electron chi connectivity index (χ3n) is 5.49. The topological polar surface area (TPSA) is 61.8 Å². The van der Waals surface area contributed by atoms with Crippen LogP contribution in [0.2, 0.25) is 0 Å². The first-order valence-electron chi connectivity index (χ1n) is 9.95. The lowest BCUT2D eigenvalue weighted by Gasteiger charge is -2.36. The van der Waals surface area contributed by atoms with Crippen molar-refractivity contribution in [2.75, 3.05) is 55.9 Å². The third-order valence-corrected chi connectivity index (χ3v) is 6.35. The van der Waals surface area contributed by atoms with Crippen LogP contribution in [0.25, 0.3) is 10.9 Å². The van der Waals surface area contributed by atoms with Crippen molar-refractivity contribution in [2.45, 2.75) is 6.42 Å². The van der Waals surface area contributed by atoms with E-state index >= 15 is 0 Å². The Morgan fingerprint density at radius 3 is 2.76 bits per heavy atom. The van der Waals surface area contributed by atoms with E-state index in [2.05, 4.69) is 38.0 Å². The molecular weight excluding hydrogens is 386 g/mol. The number of amides is 1. The number of carbonyl (C=O) groups is 1. The Morgan fingerprint density at radius 1 is 1.03 bits per heavy atom. The van der Waals surface area contributed by atoms with E-state index in [0.29, 0.717) is 6.67 Å². The zero-order valence-corrected chi connectivity index (χ0v) is 17.0. The monoisotopic (exact) mass is 409 g/mol. The lowest BCUT2D eigenvalue weighted by atomic mass is 10.1. The smallest absolute Gasteiger partial charge is 0.265 e. The van der Waals surface area contributed by atoms with Gasteiger partial charge in [-0.25, -0.2) is 9.97 Å². The summed E-state index contributed by atoms with van der Waals surface area (Å²) in [4.78, 5) is 29.1. The number of carbonyl (C=O) groups excluding carboxylic acids is 1. The Labute approximate surface area is 173 Å². The minimum absolute atomic E-state index is 0.0951. The first-order valence-corrected chi connectivity index (χ1v) is 10.8. The number of fused-ring (bicyclic) bond motifs is 1. The molecular formula is C21H23N5O2S. The van der Waals surface area contributed by atoms with E-state index in [0.717, 1.165) is 67.4 Å². The number of hydrogen-bond acceptors (Lipinski definition) is 7. The molecule has 2 saturated heterocycles. The Hall–Kier alpha value is -2.71. The lowest BCUT2D eigenvalue weighted by Crippen LogP contribution is -2.47. The molecule has 7 nitrogen and oxygen atoms in total. The van der Waals surface area contributed by atoms with Crippen LogP contribution in [-0.4, -0.2) is 66.8 Å². The largest absolute Gasteiger partial charge is 0.378 e. The molecule has 2 aromatic heterocycles. The maximum atomic E-state index is 12.8. The van der Waals surface area contributed by atoms with Gasteiger partial charge in [-0.15, -0.1) is 11.3 Å². The minimum atomic E-state index is 0.0951. The Balaban J connectivity index is 1.41. The number of ether oxygens (including phenoxy) is 1. The molecule has 29 heavy (non-hydrogen) atoms. The fourth-order valence-electron chi connectivity index (χ4n) is 4.00. The first-order chi connectivity index (χ1) is 14.3. The normalized spacial score (nSPS) is 17.7. The molecule has 4 heterocycles. The number of benzene rings is 1. The fraction of sp³-hybridized carbons (Fsp3) is 0.381. The highest BCUT2D eigenvalue weighted by atomic mass is 32.1. The van der Waals surface area contributed by atoms with Crippen LogP contribution in [0.3, 0.4) is 0 Å². The highest BCUT2D eigenvalue weighted by Crippen LogP contribution is 2.29. The molecule has 0 unspecified atom stereocenters. The van der Waals surface area contributed by atoms with Gasteiger partial charge in [-0.05, 0) is 36.1 Å². The molecule has 0 bridgehead atoms. The maximum Gasteiger partial charge on any atom is 0.265 e. The average molecular weight is 410 g/mol.